The fourth-order valence-corrected chi connectivity index (χ4v) is 3.26. The van der Waals surface area contributed by atoms with E-state index in [1.807, 2.05) is 31.2 Å². The van der Waals surface area contributed by atoms with Gasteiger partial charge in [0, 0.05) is 38.3 Å². The van der Waals surface area contributed by atoms with E-state index in [4.69, 9.17) is 9.73 Å². The number of aliphatic imine (C=N–C) groups is 1. The molecule has 1 aliphatic rings. The fraction of sp³-hybridized carbons (Fsp3) is 0.619. The van der Waals surface area contributed by atoms with Crippen molar-refractivity contribution in [3.05, 3.63) is 29.8 Å². The summed E-state index contributed by atoms with van der Waals surface area (Å²) in [7, 11) is 0. The molecule has 150 valence electrons. The van der Waals surface area contributed by atoms with Crippen LogP contribution >= 0.6 is 0 Å². The molecule has 0 atom stereocenters. The maximum atomic E-state index is 11.8. The second-order valence-electron chi connectivity index (χ2n) is 6.81. The molecule has 0 unspecified atom stereocenters. The third-order valence-corrected chi connectivity index (χ3v) is 4.58. The molecule has 0 bridgehead atoms. The van der Waals surface area contributed by atoms with Crippen molar-refractivity contribution < 1.29 is 9.53 Å². The van der Waals surface area contributed by atoms with Crippen molar-refractivity contribution in [3.63, 3.8) is 0 Å². The average molecular weight is 375 g/mol. The number of hydrogen-bond donors (Lipinski definition) is 2. The molecule has 0 radical (unpaired) electrons. The molecule has 0 aromatic heterocycles. The predicted molar refractivity (Wildman–Crippen MR) is 111 cm³/mol. The maximum Gasteiger partial charge on any atom is 0.224 e. The zero-order valence-corrected chi connectivity index (χ0v) is 17.0. The first-order chi connectivity index (χ1) is 13.2. The average Bonchev–Trinajstić information content (AvgIpc) is 2.66. The van der Waals surface area contributed by atoms with Gasteiger partial charge in [-0.15, -0.1) is 0 Å². The van der Waals surface area contributed by atoms with Crippen LogP contribution in [0.3, 0.4) is 0 Å². The van der Waals surface area contributed by atoms with Crippen LogP contribution in [0.5, 0.6) is 0 Å². The summed E-state index contributed by atoms with van der Waals surface area (Å²) in [5.41, 5.74) is 1.92. The third-order valence-electron chi connectivity index (χ3n) is 4.58. The Hall–Kier alpha value is -2.08. The number of nitrogens with one attached hydrogen (secondary N) is 2. The van der Waals surface area contributed by atoms with Crippen molar-refractivity contribution in [2.45, 2.75) is 59.1 Å². The highest BCUT2D eigenvalue weighted by Crippen LogP contribution is 2.15. The molecular formula is C21H34N4O2. The van der Waals surface area contributed by atoms with Crippen LogP contribution in [0, 0.1) is 0 Å². The second-order valence-corrected chi connectivity index (χ2v) is 6.81. The Labute approximate surface area is 163 Å². The number of carbonyl (C=O) groups excluding carboxylic acids is 1. The minimum Gasteiger partial charge on any atom is -0.378 e. The molecule has 1 aromatic carbocycles. The highest BCUT2D eigenvalue weighted by atomic mass is 16.5. The van der Waals surface area contributed by atoms with Crippen LogP contribution in [-0.2, 0) is 16.1 Å². The van der Waals surface area contributed by atoms with Crippen LogP contribution in [0.15, 0.2) is 29.3 Å². The first-order valence-corrected chi connectivity index (χ1v) is 10.2. The van der Waals surface area contributed by atoms with Gasteiger partial charge in [0.15, 0.2) is 5.96 Å². The largest absolute Gasteiger partial charge is 0.378 e. The van der Waals surface area contributed by atoms with Crippen molar-refractivity contribution in [2.24, 2.45) is 4.99 Å². The Kier molecular flexibility index (Phi) is 9.11. The minimum absolute atomic E-state index is 0.0589. The lowest BCUT2D eigenvalue weighted by Crippen LogP contribution is -2.47. The number of ether oxygens (including phenoxy) is 1. The Balaban J connectivity index is 1.97. The molecule has 0 aliphatic carbocycles. The molecule has 1 fully saturated rings. The molecule has 6 nitrogen and oxygen atoms in total. The number of piperidine rings is 1. The molecule has 27 heavy (non-hydrogen) atoms. The number of nitrogens with zero attached hydrogens (tertiary/aromatic N) is 2. The lowest BCUT2D eigenvalue weighted by molar-refractivity contribution is -0.116. The number of hydrogen-bond acceptors (Lipinski definition) is 3. The molecule has 2 rings (SSSR count). The van der Waals surface area contributed by atoms with Crippen molar-refractivity contribution >= 4 is 17.6 Å². The minimum atomic E-state index is 0.0589. The van der Waals surface area contributed by atoms with Crippen molar-refractivity contribution in [2.75, 3.05) is 31.6 Å². The number of amides is 1. The third kappa shape index (κ3) is 7.21. The van der Waals surface area contributed by atoms with E-state index < -0.39 is 0 Å². The van der Waals surface area contributed by atoms with E-state index in [1.165, 1.54) is 0 Å². The highest BCUT2D eigenvalue weighted by Gasteiger charge is 2.21. The molecule has 1 amide bonds. The van der Waals surface area contributed by atoms with E-state index in [0.717, 1.165) is 62.7 Å². The van der Waals surface area contributed by atoms with Gasteiger partial charge in [0.2, 0.25) is 5.91 Å². The van der Waals surface area contributed by atoms with Crippen molar-refractivity contribution in [3.8, 4) is 0 Å². The van der Waals surface area contributed by atoms with Crippen LogP contribution < -0.4 is 10.6 Å². The van der Waals surface area contributed by atoms with Crippen molar-refractivity contribution in [1.82, 2.24) is 10.2 Å². The van der Waals surface area contributed by atoms with Crippen molar-refractivity contribution in [1.29, 1.82) is 0 Å². The SMILES string of the molecule is CCCC(=O)Nc1cccc(CN=C(NCC)N2CCC(OCC)CC2)c1. The zero-order valence-electron chi connectivity index (χ0n) is 17.0. The van der Waals surface area contributed by atoms with E-state index in [-0.39, 0.29) is 5.91 Å². The van der Waals surface area contributed by atoms with Gasteiger partial charge in [-0.25, -0.2) is 4.99 Å². The van der Waals surface area contributed by atoms with E-state index in [9.17, 15) is 4.79 Å². The van der Waals surface area contributed by atoms with Gasteiger partial charge >= 0.3 is 0 Å². The predicted octanol–water partition coefficient (Wildman–Crippen LogP) is 3.39. The molecule has 0 spiro atoms. The molecule has 0 saturated carbocycles. The first-order valence-electron chi connectivity index (χ1n) is 10.2. The van der Waals surface area contributed by atoms with Gasteiger partial charge in [0.1, 0.15) is 0 Å². The number of carbonyl (C=O) groups is 1. The standard InChI is InChI=1S/C21H34N4O2/c1-4-8-20(26)24-18-10-7-9-17(15-18)16-23-21(22-5-2)25-13-11-19(12-14-25)27-6-3/h7,9-10,15,19H,4-6,8,11-14,16H2,1-3H3,(H,22,23)(H,24,26). The highest BCUT2D eigenvalue weighted by molar-refractivity contribution is 5.90. The van der Waals surface area contributed by atoms with E-state index in [2.05, 4.69) is 29.4 Å². The zero-order chi connectivity index (χ0) is 19.5. The summed E-state index contributed by atoms with van der Waals surface area (Å²) in [5, 5.41) is 6.35. The van der Waals surface area contributed by atoms with Gasteiger partial charge in [-0.1, -0.05) is 19.1 Å². The summed E-state index contributed by atoms with van der Waals surface area (Å²) >= 11 is 0. The Morgan fingerprint density at radius 3 is 2.70 bits per heavy atom. The van der Waals surface area contributed by atoms with Gasteiger partial charge in [0.05, 0.1) is 12.6 Å². The first kappa shape index (κ1) is 21.2. The van der Waals surface area contributed by atoms with E-state index in [1.54, 1.807) is 0 Å². The van der Waals surface area contributed by atoms with Crippen LogP contribution in [0.4, 0.5) is 5.69 Å². The summed E-state index contributed by atoms with van der Waals surface area (Å²) in [6.07, 6.45) is 3.85. The van der Waals surface area contributed by atoms with E-state index in [0.29, 0.717) is 19.1 Å². The Morgan fingerprint density at radius 1 is 1.26 bits per heavy atom. The molecule has 1 heterocycles. The molecule has 6 heteroatoms. The topological polar surface area (TPSA) is 66.0 Å². The van der Waals surface area contributed by atoms with Crippen LogP contribution in [-0.4, -0.2) is 49.1 Å². The normalized spacial score (nSPS) is 15.7. The summed E-state index contributed by atoms with van der Waals surface area (Å²) in [4.78, 5) is 18.9. The molecule has 2 N–H and O–H groups in total. The lowest BCUT2D eigenvalue weighted by Gasteiger charge is -2.34. The Morgan fingerprint density at radius 2 is 2.04 bits per heavy atom. The number of rotatable bonds is 8. The number of likely N-dealkylation sites (tertiary alicyclic amines) is 1. The fourth-order valence-electron chi connectivity index (χ4n) is 3.26. The molecular weight excluding hydrogens is 340 g/mol. The lowest BCUT2D eigenvalue weighted by atomic mass is 10.1. The van der Waals surface area contributed by atoms with Gasteiger partial charge in [0.25, 0.3) is 0 Å². The summed E-state index contributed by atoms with van der Waals surface area (Å²) in [6, 6.07) is 7.93. The smallest absolute Gasteiger partial charge is 0.224 e. The summed E-state index contributed by atoms with van der Waals surface area (Å²) in [6.45, 7) is 10.3. The Bertz CT molecular complexity index is 610. The molecule has 1 aliphatic heterocycles. The van der Waals surface area contributed by atoms with Gasteiger partial charge in [-0.3, -0.25) is 4.79 Å². The van der Waals surface area contributed by atoms with Gasteiger partial charge in [-0.2, -0.15) is 0 Å². The number of benzene rings is 1. The monoisotopic (exact) mass is 374 g/mol. The van der Waals surface area contributed by atoms with Gasteiger partial charge in [-0.05, 0) is 50.8 Å². The quantitative estimate of drug-likeness (QED) is 0.541. The van der Waals surface area contributed by atoms with Gasteiger partial charge < -0.3 is 20.3 Å². The maximum absolute atomic E-state index is 11.8. The summed E-state index contributed by atoms with van der Waals surface area (Å²) in [5.74, 6) is 1.01. The summed E-state index contributed by atoms with van der Waals surface area (Å²) < 4.78 is 5.74. The second kappa shape index (κ2) is 11.6. The number of guanidine groups is 1. The van der Waals surface area contributed by atoms with Crippen LogP contribution in [0.2, 0.25) is 0 Å². The van der Waals surface area contributed by atoms with Crippen LogP contribution in [0.1, 0.15) is 52.0 Å². The molecule has 1 aromatic rings. The van der Waals surface area contributed by atoms with E-state index >= 15 is 0 Å². The molecule has 1 saturated heterocycles. The number of anilines is 1. The van der Waals surface area contributed by atoms with Crippen LogP contribution in [0.25, 0.3) is 0 Å².